The van der Waals surface area contributed by atoms with Crippen LogP contribution in [0.1, 0.15) is 49.7 Å². The molecule has 0 saturated heterocycles. The minimum Gasteiger partial charge on any atom is -0.452 e. The first-order valence-corrected chi connectivity index (χ1v) is 9.36. The third-order valence-corrected chi connectivity index (χ3v) is 5.04. The van der Waals surface area contributed by atoms with E-state index in [9.17, 15) is 14.4 Å². The number of hydrogen-bond donors (Lipinski definition) is 0. The predicted molar refractivity (Wildman–Crippen MR) is 107 cm³/mol. The zero-order valence-corrected chi connectivity index (χ0v) is 15.8. The molecule has 0 aliphatic carbocycles. The number of imide groups is 1. The van der Waals surface area contributed by atoms with Crippen LogP contribution >= 0.6 is 0 Å². The van der Waals surface area contributed by atoms with Gasteiger partial charge in [-0.1, -0.05) is 60.7 Å². The zero-order valence-electron chi connectivity index (χ0n) is 15.8. The van der Waals surface area contributed by atoms with Crippen LogP contribution in [0.25, 0.3) is 0 Å². The Balaban J connectivity index is 1.68. The van der Waals surface area contributed by atoms with Gasteiger partial charge in [-0.05, 0) is 36.8 Å². The van der Waals surface area contributed by atoms with E-state index >= 15 is 0 Å². The molecule has 2 amide bonds. The molecule has 144 valence electrons. The largest absolute Gasteiger partial charge is 0.452 e. The Kier molecular flexibility index (Phi) is 4.96. The van der Waals surface area contributed by atoms with Gasteiger partial charge in [0.25, 0.3) is 11.8 Å². The van der Waals surface area contributed by atoms with E-state index in [2.05, 4.69) is 0 Å². The summed E-state index contributed by atoms with van der Waals surface area (Å²) in [5, 5.41) is 0. The highest BCUT2D eigenvalue weighted by molar-refractivity contribution is 6.21. The molecule has 2 atom stereocenters. The molecular weight excluding hydrogens is 366 g/mol. The third kappa shape index (κ3) is 3.43. The molecule has 0 spiro atoms. The zero-order chi connectivity index (χ0) is 20.4. The summed E-state index contributed by atoms with van der Waals surface area (Å²) < 4.78 is 5.81. The van der Waals surface area contributed by atoms with Crippen molar-refractivity contribution in [1.82, 2.24) is 4.90 Å². The van der Waals surface area contributed by atoms with E-state index in [0.29, 0.717) is 22.3 Å². The van der Waals surface area contributed by atoms with E-state index in [1.807, 2.05) is 36.4 Å². The summed E-state index contributed by atoms with van der Waals surface area (Å²) in [7, 11) is 0. The fourth-order valence-corrected chi connectivity index (χ4v) is 3.56. The van der Waals surface area contributed by atoms with Crippen molar-refractivity contribution in [3.8, 4) is 0 Å². The van der Waals surface area contributed by atoms with E-state index in [4.69, 9.17) is 4.74 Å². The molecule has 3 aromatic carbocycles. The molecule has 5 heteroatoms. The molecule has 0 N–H and O–H groups in total. The number of carbonyl (C=O) groups is 3. The van der Waals surface area contributed by atoms with Crippen LogP contribution in [0.4, 0.5) is 0 Å². The number of nitrogens with zero attached hydrogens (tertiary/aromatic N) is 1. The second kappa shape index (κ2) is 7.72. The Morgan fingerprint density at radius 2 is 1.24 bits per heavy atom. The number of benzene rings is 3. The van der Waals surface area contributed by atoms with Crippen molar-refractivity contribution < 1.29 is 19.1 Å². The summed E-state index contributed by atoms with van der Waals surface area (Å²) in [5.74, 6) is -1.27. The van der Waals surface area contributed by atoms with Crippen molar-refractivity contribution in [3.63, 3.8) is 0 Å². The summed E-state index contributed by atoms with van der Waals surface area (Å²) in [6, 6.07) is 23.8. The topological polar surface area (TPSA) is 63.7 Å². The van der Waals surface area contributed by atoms with E-state index in [-0.39, 0.29) is 11.8 Å². The van der Waals surface area contributed by atoms with Crippen LogP contribution in [0.2, 0.25) is 0 Å². The number of ether oxygens (including phenoxy) is 1. The van der Waals surface area contributed by atoms with Gasteiger partial charge < -0.3 is 4.74 Å². The first-order chi connectivity index (χ1) is 14.1. The van der Waals surface area contributed by atoms with Gasteiger partial charge in [0, 0.05) is 0 Å². The summed E-state index contributed by atoms with van der Waals surface area (Å²) >= 11 is 0. The molecule has 3 aromatic rings. The molecule has 1 aliphatic heterocycles. The van der Waals surface area contributed by atoms with Gasteiger partial charge in [0.15, 0.2) is 0 Å². The van der Waals surface area contributed by atoms with E-state index in [1.54, 1.807) is 55.5 Å². The molecule has 1 heterocycles. The van der Waals surface area contributed by atoms with Crippen LogP contribution in [0.3, 0.4) is 0 Å². The number of carbonyl (C=O) groups excluding carboxylic acids is 3. The fourth-order valence-electron chi connectivity index (χ4n) is 3.56. The number of esters is 1. The van der Waals surface area contributed by atoms with Crippen LogP contribution in [0.15, 0.2) is 84.9 Å². The van der Waals surface area contributed by atoms with Crippen molar-refractivity contribution >= 4 is 17.8 Å². The number of rotatable bonds is 5. The maximum absolute atomic E-state index is 12.9. The van der Waals surface area contributed by atoms with Crippen LogP contribution < -0.4 is 0 Å². The summed E-state index contributed by atoms with van der Waals surface area (Å²) in [5.41, 5.74) is 1.85. The van der Waals surface area contributed by atoms with Crippen LogP contribution in [-0.2, 0) is 4.74 Å². The lowest BCUT2D eigenvalue weighted by atomic mass is 10.0. The van der Waals surface area contributed by atoms with Gasteiger partial charge in [-0.25, -0.2) is 4.79 Å². The number of amides is 2. The summed E-state index contributed by atoms with van der Waals surface area (Å²) in [6.45, 7) is 1.72. The molecular formula is C24H19NO4. The Morgan fingerprint density at radius 3 is 1.79 bits per heavy atom. The van der Waals surface area contributed by atoms with Gasteiger partial charge in [-0.3, -0.25) is 14.5 Å². The first-order valence-electron chi connectivity index (χ1n) is 9.36. The molecule has 29 heavy (non-hydrogen) atoms. The lowest BCUT2D eigenvalue weighted by molar-refractivity contribution is 0.00406. The SMILES string of the molecule is C[C@@H]([C@@H](OC(=O)c1ccccc1)c1ccccc1)N1C(=O)c2ccccc2C1=O. The third-order valence-electron chi connectivity index (χ3n) is 5.04. The Bertz CT molecular complexity index is 1030. The molecule has 0 aromatic heterocycles. The van der Waals surface area contributed by atoms with Crippen molar-refractivity contribution in [3.05, 3.63) is 107 Å². The quantitative estimate of drug-likeness (QED) is 0.486. The van der Waals surface area contributed by atoms with Crippen LogP contribution in [0.5, 0.6) is 0 Å². The second-order valence-electron chi connectivity index (χ2n) is 6.87. The van der Waals surface area contributed by atoms with Crippen molar-refractivity contribution in [2.75, 3.05) is 0 Å². The Labute approximate surface area is 168 Å². The van der Waals surface area contributed by atoms with Crippen LogP contribution in [0, 0.1) is 0 Å². The van der Waals surface area contributed by atoms with Crippen molar-refractivity contribution in [2.24, 2.45) is 0 Å². The lowest BCUT2D eigenvalue weighted by Gasteiger charge is -2.30. The standard InChI is InChI=1S/C24H19NO4/c1-16(25-22(26)19-14-8-9-15-20(19)23(25)27)21(17-10-4-2-5-11-17)29-24(28)18-12-6-3-7-13-18/h2-16,21H,1H3/t16-,21+/m0/s1. The highest BCUT2D eigenvalue weighted by Gasteiger charge is 2.42. The van der Waals surface area contributed by atoms with E-state index < -0.39 is 18.1 Å². The van der Waals surface area contributed by atoms with Gasteiger partial charge >= 0.3 is 5.97 Å². The Morgan fingerprint density at radius 1 is 0.759 bits per heavy atom. The Hall–Kier alpha value is -3.73. The van der Waals surface area contributed by atoms with Crippen molar-refractivity contribution in [1.29, 1.82) is 0 Å². The monoisotopic (exact) mass is 385 g/mol. The maximum atomic E-state index is 12.9. The highest BCUT2D eigenvalue weighted by atomic mass is 16.5. The second-order valence-corrected chi connectivity index (χ2v) is 6.87. The number of hydrogen-bond acceptors (Lipinski definition) is 4. The number of fused-ring (bicyclic) bond motifs is 1. The summed E-state index contributed by atoms with van der Waals surface area (Å²) in [6.07, 6.45) is -0.800. The molecule has 0 fully saturated rings. The van der Waals surface area contributed by atoms with Gasteiger partial charge in [0.2, 0.25) is 0 Å². The van der Waals surface area contributed by atoms with Crippen molar-refractivity contribution in [2.45, 2.75) is 19.1 Å². The minimum atomic E-state index is -0.800. The summed E-state index contributed by atoms with van der Waals surface area (Å²) in [4.78, 5) is 39.7. The predicted octanol–water partition coefficient (Wildman–Crippen LogP) is 4.27. The fraction of sp³-hybridized carbons (Fsp3) is 0.125. The molecule has 0 bridgehead atoms. The first kappa shape index (κ1) is 18.6. The molecule has 0 saturated carbocycles. The smallest absolute Gasteiger partial charge is 0.338 e. The maximum Gasteiger partial charge on any atom is 0.338 e. The van der Waals surface area contributed by atoms with Gasteiger partial charge in [0.1, 0.15) is 6.10 Å². The molecule has 1 aliphatic rings. The average Bonchev–Trinajstić information content (AvgIpc) is 3.03. The van der Waals surface area contributed by atoms with Gasteiger partial charge in [-0.15, -0.1) is 0 Å². The van der Waals surface area contributed by atoms with Crippen LogP contribution in [-0.4, -0.2) is 28.7 Å². The average molecular weight is 385 g/mol. The normalized spacial score (nSPS) is 15.0. The van der Waals surface area contributed by atoms with E-state index in [1.165, 1.54) is 4.90 Å². The lowest BCUT2D eigenvalue weighted by Crippen LogP contribution is -2.43. The molecule has 0 unspecified atom stereocenters. The molecule has 4 rings (SSSR count). The van der Waals surface area contributed by atoms with Gasteiger partial charge in [0.05, 0.1) is 22.7 Å². The molecule has 0 radical (unpaired) electrons. The van der Waals surface area contributed by atoms with Gasteiger partial charge in [-0.2, -0.15) is 0 Å². The highest BCUT2D eigenvalue weighted by Crippen LogP contribution is 2.32. The molecule has 5 nitrogen and oxygen atoms in total. The minimum absolute atomic E-state index is 0.366. The van der Waals surface area contributed by atoms with E-state index in [0.717, 1.165) is 0 Å².